The van der Waals surface area contributed by atoms with Crippen LogP contribution in [-0.2, 0) is 0 Å². The number of rotatable bonds is 1. The summed E-state index contributed by atoms with van der Waals surface area (Å²) < 4.78 is 0. The van der Waals surface area contributed by atoms with Crippen molar-refractivity contribution in [2.24, 2.45) is 0 Å². The summed E-state index contributed by atoms with van der Waals surface area (Å²) >= 11 is 0. The Labute approximate surface area is 95.0 Å². The first-order chi connectivity index (χ1) is 5.79. The van der Waals surface area contributed by atoms with Crippen molar-refractivity contribution in [1.29, 1.82) is 0 Å². The van der Waals surface area contributed by atoms with Gasteiger partial charge in [0.15, 0.2) is 0 Å². The summed E-state index contributed by atoms with van der Waals surface area (Å²) in [7, 11) is 2.23. The Morgan fingerprint density at radius 2 is 1.79 bits per heavy atom. The molecule has 1 aliphatic rings. The molecule has 84 valence electrons. The van der Waals surface area contributed by atoms with Gasteiger partial charge in [-0.3, -0.25) is 4.90 Å². The van der Waals surface area contributed by atoms with Gasteiger partial charge in [-0.25, -0.2) is 0 Å². The zero-order valence-corrected chi connectivity index (χ0v) is 11.2. The maximum absolute atomic E-state index is 2.47. The van der Waals surface area contributed by atoms with Gasteiger partial charge in [-0.15, -0.1) is 12.4 Å². The van der Waals surface area contributed by atoms with Gasteiger partial charge in [0.1, 0.15) is 0 Å². The van der Waals surface area contributed by atoms with Crippen LogP contribution in [0.3, 0.4) is 0 Å². The van der Waals surface area contributed by atoms with Crippen molar-refractivity contribution in [1.82, 2.24) is 4.90 Å². The van der Waals surface area contributed by atoms with E-state index >= 15 is 0 Å². The van der Waals surface area contributed by atoms with Crippen molar-refractivity contribution >= 4 is 12.4 Å². The third-order valence-electron chi connectivity index (χ3n) is 3.44. The van der Waals surface area contributed by atoms with E-state index in [1.54, 1.807) is 5.57 Å². The summed E-state index contributed by atoms with van der Waals surface area (Å²) in [6.07, 6.45) is 4.84. The van der Waals surface area contributed by atoms with Crippen LogP contribution in [0.15, 0.2) is 11.6 Å². The molecule has 2 heteroatoms. The topological polar surface area (TPSA) is 3.24 Å². The molecule has 0 aliphatic carbocycles. The molecule has 0 atom stereocenters. The van der Waals surface area contributed by atoms with Gasteiger partial charge in [0.2, 0.25) is 0 Å². The van der Waals surface area contributed by atoms with Crippen molar-refractivity contribution in [3.05, 3.63) is 11.6 Å². The lowest BCUT2D eigenvalue weighted by atomic mass is 9.80. The molecule has 1 rings (SSSR count). The summed E-state index contributed by atoms with van der Waals surface area (Å²) in [4.78, 5) is 2.47. The predicted octanol–water partition coefficient (Wildman–Crippen LogP) is 3.64. The van der Waals surface area contributed by atoms with Gasteiger partial charge in [-0.05, 0) is 47.6 Å². The van der Waals surface area contributed by atoms with Crippen molar-refractivity contribution < 1.29 is 0 Å². The molecule has 0 fully saturated rings. The monoisotopic (exact) mass is 217 g/mol. The number of halogens is 1. The first kappa shape index (κ1) is 14.0. The Morgan fingerprint density at radius 1 is 1.29 bits per heavy atom. The van der Waals surface area contributed by atoms with E-state index in [0.29, 0.717) is 5.54 Å². The Balaban J connectivity index is 0.00000169. The lowest BCUT2D eigenvalue weighted by Gasteiger charge is -2.49. The molecule has 1 nitrogen and oxygen atoms in total. The minimum absolute atomic E-state index is 0. The molecule has 0 aromatic rings. The molecule has 0 spiro atoms. The van der Waals surface area contributed by atoms with Crippen molar-refractivity contribution in [2.45, 2.75) is 58.5 Å². The first-order valence-electron chi connectivity index (χ1n) is 5.24. The van der Waals surface area contributed by atoms with Crippen LogP contribution in [0.1, 0.15) is 47.5 Å². The van der Waals surface area contributed by atoms with Crippen LogP contribution in [0.2, 0.25) is 0 Å². The molecule has 14 heavy (non-hydrogen) atoms. The number of hydrogen-bond donors (Lipinski definition) is 0. The van der Waals surface area contributed by atoms with Crippen LogP contribution >= 0.6 is 12.4 Å². The smallest absolute Gasteiger partial charge is 0.0339 e. The van der Waals surface area contributed by atoms with Gasteiger partial charge in [0.25, 0.3) is 0 Å². The predicted molar refractivity (Wildman–Crippen MR) is 66.2 cm³/mol. The molecule has 0 amide bonds. The van der Waals surface area contributed by atoms with Crippen LogP contribution in [0, 0.1) is 0 Å². The summed E-state index contributed by atoms with van der Waals surface area (Å²) in [5, 5.41) is 0. The zero-order valence-electron chi connectivity index (χ0n) is 10.3. The zero-order chi connectivity index (χ0) is 10.3. The van der Waals surface area contributed by atoms with E-state index in [0.717, 1.165) is 0 Å². The summed E-state index contributed by atoms with van der Waals surface area (Å²) in [6, 6.07) is 0. The van der Waals surface area contributed by atoms with E-state index in [9.17, 15) is 0 Å². The summed E-state index contributed by atoms with van der Waals surface area (Å²) in [5.74, 6) is 0. The van der Waals surface area contributed by atoms with Gasteiger partial charge < -0.3 is 0 Å². The van der Waals surface area contributed by atoms with E-state index < -0.39 is 0 Å². The largest absolute Gasteiger partial charge is 0.292 e. The van der Waals surface area contributed by atoms with Crippen molar-refractivity contribution in [3.63, 3.8) is 0 Å². The fourth-order valence-electron chi connectivity index (χ4n) is 2.33. The minimum atomic E-state index is 0. The molecule has 0 N–H and O–H groups in total. The van der Waals surface area contributed by atoms with E-state index in [1.165, 1.54) is 12.8 Å². The van der Waals surface area contributed by atoms with Gasteiger partial charge in [-0.2, -0.15) is 0 Å². The average molecular weight is 218 g/mol. The highest BCUT2D eigenvalue weighted by molar-refractivity contribution is 5.85. The fourth-order valence-corrected chi connectivity index (χ4v) is 2.33. The first-order valence-corrected chi connectivity index (χ1v) is 5.24. The standard InChI is InChI=1S/C12H23N.ClH/c1-7-10-8-11(2,3)13(6)12(4,5)9-10;/h8H,7,9H2,1-6H3;1H. The van der Waals surface area contributed by atoms with Gasteiger partial charge >= 0.3 is 0 Å². The molecule has 0 saturated carbocycles. The molecule has 1 aliphatic heterocycles. The number of likely N-dealkylation sites (N-methyl/N-ethyl adjacent to an activating group) is 1. The Hall–Kier alpha value is -0.0100. The second-order valence-corrected chi connectivity index (χ2v) is 5.36. The van der Waals surface area contributed by atoms with Crippen LogP contribution in [-0.4, -0.2) is 23.0 Å². The maximum Gasteiger partial charge on any atom is 0.0339 e. The lowest BCUT2D eigenvalue weighted by Crippen LogP contribution is -2.55. The van der Waals surface area contributed by atoms with E-state index in [2.05, 4.69) is 52.6 Å². The highest BCUT2D eigenvalue weighted by Gasteiger charge is 2.37. The van der Waals surface area contributed by atoms with E-state index in [1.807, 2.05) is 0 Å². The summed E-state index contributed by atoms with van der Waals surface area (Å²) in [5.41, 5.74) is 2.13. The molecule has 0 aromatic carbocycles. The second kappa shape index (κ2) is 4.24. The van der Waals surface area contributed by atoms with Crippen molar-refractivity contribution in [2.75, 3.05) is 7.05 Å². The Kier molecular flexibility index (Phi) is 4.24. The third-order valence-corrected chi connectivity index (χ3v) is 3.44. The molecular weight excluding hydrogens is 194 g/mol. The third kappa shape index (κ3) is 2.52. The van der Waals surface area contributed by atoms with Gasteiger partial charge in [-0.1, -0.05) is 18.6 Å². The minimum Gasteiger partial charge on any atom is -0.292 e. The maximum atomic E-state index is 2.47. The average Bonchev–Trinajstić information content (AvgIpc) is 1.99. The molecule has 0 radical (unpaired) electrons. The van der Waals surface area contributed by atoms with E-state index in [4.69, 9.17) is 0 Å². The second-order valence-electron chi connectivity index (χ2n) is 5.36. The number of hydrogen-bond acceptors (Lipinski definition) is 1. The SMILES string of the molecule is CCC1=CC(C)(C)N(C)C(C)(C)C1.Cl. The summed E-state index contributed by atoms with van der Waals surface area (Å²) in [6.45, 7) is 11.5. The number of nitrogens with zero attached hydrogens (tertiary/aromatic N) is 1. The quantitative estimate of drug-likeness (QED) is 0.607. The van der Waals surface area contributed by atoms with E-state index in [-0.39, 0.29) is 17.9 Å². The van der Waals surface area contributed by atoms with Crippen LogP contribution < -0.4 is 0 Å². The fraction of sp³-hybridized carbons (Fsp3) is 0.833. The normalized spacial score (nSPS) is 25.1. The highest BCUT2D eigenvalue weighted by atomic mass is 35.5. The van der Waals surface area contributed by atoms with Gasteiger partial charge in [0, 0.05) is 11.1 Å². The molecule has 0 bridgehead atoms. The lowest BCUT2D eigenvalue weighted by molar-refractivity contribution is 0.0612. The molecular formula is C12H24ClN. The van der Waals surface area contributed by atoms with Gasteiger partial charge in [0.05, 0.1) is 0 Å². The molecule has 1 heterocycles. The molecule has 0 saturated heterocycles. The van der Waals surface area contributed by atoms with Crippen LogP contribution in [0.5, 0.6) is 0 Å². The highest BCUT2D eigenvalue weighted by Crippen LogP contribution is 2.36. The molecule has 0 unspecified atom stereocenters. The van der Waals surface area contributed by atoms with Crippen LogP contribution in [0.25, 0.3) is 0 Å². The Morgan fingerprint density at radius 3 is 2.14 bits per heavy atom. The molecule has 0 aromatic heterocycles. The Bertz CT molecular complexity index is 228. The van der Waals surface area contributed by atoms with Crippen LogP contribution in [0.4, 0.5) is 0 Å². The van der Waals surface area contributed by atoms with Crippen molar-refractivity contribution in [3.8, 4) is 0 Å².